The summed E-state index contributed by atoms with van der Waals surface area (Å²) >= 11 is 4.74. The lowest BCUT2D eigenvalue weighted by Gasteiger charge is -2.29. The Balaban J connectivity index is 2.30. The molecule has 3 unspecified atom stereocenters. The standard InChI is InChI=1S/C10H15F3N3O13P3S/c11-2-9(18)6(17)10(13,27-7(9)16-1-4(12)5(14)15-8(16)33)3-26-31(22,23)29-32(24,25)28-30(19,20)21/h1,6-7,17-18H,2-3H2,(H,22,23)(H,24,25)(H2,14,15,33)(H2,19,20,21)/t6-,7-,9?,10-/m1/s1. The van der Waals surface area contributed by atoms with E-state index >= 15 is 4.39 Å². The van der Waals surface area contributed by atoms with E-state index in [1.165, 1.54) is 0 Å². The van der Waals surface area contributed by atoms with Crippen LogP contribution in [0.4, 0.5) is 19.0 Å². The number of halogens is 3. The maximum atomic E-state index is 15.2. The normalized spacial score (nSPS) is 31.8. The van der Waals surface area contributed by atoms with Crippen LogP contribution in [0.3, 0.4) is 0 Å². The van der Waals surface area contributed by atoms with E-state index in [1.54, 1.807) is 0 Å². The van der Waals surface area contributed by atoms with Crippen LogP contribution in [0.15, 0.2) is 6.20 Å². The lowest BCUT2D eigenvalue weighted by atomic mass is 9.94. The van der Waals surface area contributed by atoms with Crippen molar-refractivity contribution in [1.82, 2.24) is 9.55 Å². The number of anilines is 1. The summed E-state index contributed by atoms with van der Waals surface area (Å²) in [5, 5.41) is 20.5. The molecule has 8 N–H and O–H groups in total. The Kier molecular flexibility index (Phi) is 8.03. The van der Waals surface area contributed by atoms with E-state index in [2.05, 4.69) is 22.9 Å². The van der Waals surface area contributed by atoms with Gasteiger partial charge in [0.2, 0.25) is 4.77 Å². The quantitative estimate of drug-likeness (QED) is 0.152. The molecule has 0 saturated carbocycles. The molecule has 16 nitrogen and oxygen atoms in total. The second-order valence-corrected chi connectivity index (χ2v) is 11.1. The van der Waals surface area contributed by atoms with Crippen molar-refractivity contribution in [2.75, 3.05) is 19.0 Å². The van der Waals surface area contributed by atoms with Crippen LogP contribution in [-0.2, 0) is 31.6 Å². The number of aliphatic hydroxyl groups is 2. The summed E-state index contributed by atoms with van der Waals surface area (Å²) in [5.41, 5.74) is 1.98. The molecule has 0 amide bonds. The Morgan fingerprint density at radius 2 is 1.82 bits per heavy atom. The molecular formula is C10H15F3N3O13P3S. The van der Waals surface area contributed by atoms with Crippen molar-refractivity contribution in [3.63, 3.8) is 0 Å². The van der Waals surface area contributed by atoms with Crippen LogP contribution in [0.5, 0.6) is 0 Å². The lowest BCUT2D eigenvalue weighted by Crippen LogP contribution is -2.52. The maximum absolute atomic E-state index is 15.2. The van der Waals surface area contributed by atoms with Gasteiger partial charge in [-0.15, -0.1) is 0 Å². The second-order valence-electron chi connectivity index (χ2n) is 6.31. The van der Waals surface area contributed by atoms with Gasteiger partial charge in [0.25, 0.3) is 5.85 Å². The molecular weight excluding hydrogens is 552 g/mol. The first-order valence-electron chi connectivity index (χ1n) is 7.91. The van der Waals surface area contributed by atoms with E-state index in [0.29, 0.717) is 10.8 Å². The number of hydrogen-bond acceptors (Lipinski definition) is 12. The maximum Gasteiger partial charge on any atom is 0.490 e. The highest BCUT2D eigenvalue weighted by molar-refractivity contribution is 7.71. The third kappa shape index (κ3) is 6.45. The van der Waals surface area contributed by atoms with E-state index in [1.807, 2.05) is 0 Å². The fourth-order valence-electron chi connectivity index (χ4n) is 2.51. The average Bonchev–Trinajstić information content (AvgIpc) is 2.82. The molecule has 1 saturated heterocycles. The fraction of sp³-hybridized carbons (Fsp3) is 0.600. The van der Waals surface area contributed by atoms with Crippen LogP contribution in [0.25, 0.3) is 0 Å². The third-order valence-electron chi connectivity index (χ3n) is 3.86. The third-order valence-corrected chi connectivity index (χ3v) is 7.94. The van der Waals surface area contributed by atoms with Gasteiger partial charge < -0.3 is 40.3 Å². The molecule has 6 atom stereocenters. The van der Waals surface area contributed by atoms with Gasteiger partial charge in [0.1, 0.15) is 13.3 Å². The predicted molar refractivity (Wildman–Crippen MR) is 98.1 cm³/mol. The second kappa shape index (κ2) is 9.33. The first-order valence-corrected chi connectivity index (χ1v) is 12.8. The minimum absolute atomic E-state index is 0.371. The monoisotopic (exact) mass is 567 g/mol. The summed E-state index contributed by atoms with van der Waals surface area (Å²) in [7, 11) is -17.6. The molecule has 1 fully saturated rings. The highest BCUT2D eigenvalue weighted by atomic mass is 32.1. The summed E-state index contributed by atoms with van der Waals surface area (Å²) in [6, 6.07) is 0. The summed E-state index contributed by atoms with van der Waals surface area (Å²) in [6.45, 7) is -3.87. The van der Waals surface area contributed by atoms with E-state index < -0.39 is 76.9 Å². The first-order chi connectivity index (χ1) is 14.8. The van der Waals surface area contributed by atoms with E-state index in [4.69, 9.17) is 32.6 Å². The number of alkyl halides is 2. The Morgan fingerprint density at radius 1 is 1.24 bits per heavy atom. The average molecular weight is 567 g/mol. The minimum Gasteiger partial charge on any atom is -0.384 e. The number of aliphatic hydroxyl groups excluding tert-OH is 1. The number of ether oxygens (including phenoxy) is 1. The topological polar surface area (TPSA) is 253 Å². The Bertz CT molecular complexity index is 1120. The predicted octanol–water partition coefficient (Wildman–Crippen LogP) is -0.0667. The molecule has 0 spiro atoms. The molecule has 1 aromatic rings. The van der Waals surface area contributed by atoms with Gasteiger partial charge in [-0.3, -0.25) is 9.09 Å². The summed E-state index contributed by atoms with van der Waals surface area (Å²) in [6.07, 6.45) is -4.84. The van der Waals surface area contributed by atoms with Crippen molar-refractivity contribution in [1.29, 1.82) is 0 Å². The van der Waals surface area contributed by atoms with Gasteiger partial charge in [0, 0.05) is 6.20 Å². The van der Waals surface area contributed by atoms with Crippen LogP contribution in [0.1, 0.15) is 6.23 Å². The van der Waals surface area contributed by atoms with Crippen LogP contribution >= 0.6 is 35.7 Å². The van der Waals surface area contributed by atoms with E-state index in [0.717, 1.165) is 0 Å². The summed E-state index contributed by atoms with van der Waals surface area (Å²) < 4.78 is 91.4. The Labute approximate surface area is 185 Å². The van der Waals surface area contributed by atoms with Gasteiger partial charge >= 0.3 is 23.5 Å². The van der Waals surface area contributed by atoms with E-state index in [-0.39, 0.29) is 0 Å². The van der Waals surface area contributed by atoms with Gasteiger partial charge in [-0.2, -0.15) is 13.6 Å². The number of hydrogen-bond donors (Lipinski definition) is 7. The van der Waals surface area contributed by atoms with Crippen LogP contribution in [-0.4, -0.2) is 70.2 Å². The Hall–Kier alpha value is -0.820. The van der Waals surface area contributed by atoms with Crippen molar-refractivity contribution in [3.05, 3.63) is 16.8 Å². The molecule has 190 valence electrons. The molecule has 33 heavy (non-hydrogen) atoms. The smallest absolute Gasteiger partial charge is 0.384 e. The van der Waals surface area contributed by atoms with E-state index in [9.17, 15) is 37.6 Å². The number of rotatable bonds is 9. The zero-order chi connectivity index (χ0) is 25.6. The first kappa shape index (κ1) is 28.4. The Morgan fingerprint density at radius 3 is 2.33 bits per heavy atom. The summed E-state index contributed by atoms with van der Waals surface area (Å²) in [5.74, 6) is -5.77. The lowest BCUT2D eigenvalue weighted by molar-refractivity contribution is -0.204. The molecule has 0 aromatic carbocycles. The SMILES string of the molecule is Nc1nc(=S)n([C@@H]2O[C@](F)(COP(=O)(O)OP(=O)(O)OP(=O)(O)O)[C@H](O)C2(O)CF)cc1F. The molecule has 1 aliphatic heterocycles. The molecule has 0 bridgehead atoms. The van der Waals surface area contributed by atoms with Crippen molar-refractivity contribution < 1.29 is 74.5 Å². The molecule has 23 heteroatoms. The number of nitrogens with zero attached hydrogens (tertiary/aromatic N) is 2. The van der Waals surface area contributed by atoms with Crippen LogP contribution < -0.4 is 5.73 Å². The van der Waals surface area contributed by atoms with Crippen molar-refractivity contribution in [2.24, 2.45) is 0 Å². The number of aromatic nitrogens is 2. The molecule has 0 radical (unpaired) electrons. The van der Waals surface area contributed by atoms with Gasteiger partial charge in [0.15, 0.2) is 29.6 Å². The van der Waals surface area contributed by atoms with Crippen molar-refractivity contribution in [2.45, 2.75) is 23.8 Å². The zero-order valence-electron chi connectivity index (χ0n) is 15.5. The highest BCUT2D eigenvalue weighted by Gasteiger charge is 2.66. The number of nitrogens with two attached hydrogens (primary N) is 1. The van der Waals surface area contributed by atoms with Gasteiger partial charge in [-0.05, 0) is 12.2 Å². The minimum atomic E-state index is -5.96. The fourth-order valence-corrected chi connectivity index (χ4v) is 5.79. The van der Waals surface area contributed by atoms with Gasteiger partial charge in [-0.25, -0.2) is 26.9 Å². The number of nitrogen functional groups attached to an aromatic ring is 1. The van der Waals surface area contributed by atoms with Crippen molar-refractivity contribution >= 4 is 41.5 Å². The summed E-state index contributed by atoms with van der Waals surface area (Å²) in [4.78, 5) is 38.7. The largest absolute Gasteiger partial charge is 0.490 e. The van der Waals surface area contributed by atoms with Gasteiger partial charge in [-0.1, -0.05) is 0 Å². The molecule has 0 aliphatic carbocycles. The zero-order valence-corrected chi connectivity index (χ0v) is 19.0. The molecule has 2 heterocycles. The molecule has 1 aliphatic rings. The van der Waals surface area contributed by atoms with Crippen LogP contribution in [0.2, 0.25) is 0 Å². The number of phosphoric acid groups is 3. The van der Waals surface area contributed by atoms with Gasteiger partial charge in [0.05, 0.1) is 0 Å². The molecule has 1 aromatic heterocycles. The molecule has 2 rings (SSSR count). The number of phosphoric ester groups is 1. The van der Waals surface area contributed by atoms with Crippen LogP contribution in [0, 0.1) is 10.6 Å². The van der Waals surface area contributed by atoms with Crippen molar-refractivity contribution in [3.8, 4) is 0 Å². The highest BCUT2D eigenvalue weighted by Crippen LogP contribution is 2.66.